The first-order valence-corrected chi connectivity index (χ1v) is 5.59. The van der Waals surface area contributed by atoms with Gasteiger partial charge < -0.3 is 14.5 Å². The maximum absolute atomic E-state index is 10.5. The fourth-order valence-electron chi connectivity index (χ4n) is 1.77. The minimum absolute atomic E-state index is 0.140. The summed E-state index contributed by atoms with van der Waals surface area (Å²) in [5, 5.41) is 13.2. The highest BCUT2D eigenvalue weighted by atomic mass is 16.5. The Morgan fingerprint density at radius 3 is 3.00 bits per heavy atom. The Kier molecular flexibility index (Phi) is 3.40. The molecule has 0 aromatic carbocycles. The Labute approximate surface area is 103 Å². The number of carbonyl (C=O) groups is 1. The van der Waals surface area contributed by atoms with E-state index in [4.69, 9.17) is 9.63 Å². The normalized spacial score (nSPS) is 10.8. The molecule has 0 aliphatic rings. The van der Waals surface area contributed by atoms with Gasteiger partial charge in [-0.05, 0) is 13.3 Å². The van der Waals surface area contributed by atoms with Gasteiger partial charge in [0.15, 0.2) is 0 Å². The lowest BCUT2D eigenvalue weighted by atomic mass is 10.2. The van der Waals surface area contributed by atoms with Crippen molar-refractivity contribution in [1.29, 1.82) is 0 Å². The van der Waals surface area contributed by atoms with E-state index >= 15 is 0 Å². The molecule has 0 radical (unpaired) electrons. The summed E-state index contributed by atoms with van der Waals surface area (Å²) in [4.78, 5) is 20.6. The molecule has 0 fully saturated rings. The van der Waals surface area contributed by atoms with E-state index in [0.717, 1.165) is 11.1 Å². The van der Waals surface area contributed by atoms with Crippen LogP contribution in [0.25, 0.3) is 11.1 Å². The van der Waals surface area contributed by atoms with Gasteiger partial charge in [-0.2, -0.15) is 4.98 Å². The monoisotopic (exact) mass is 250 g/mol. The Bertz CT molecular complexity index is 566. The number of carboxylic acids is 1. The minimum atomic E-state index is -0.794. The molecule has 2 rings (SSSR count). The molecule has 7 heteroatoms. The SMILES string of the molecule is Cc1noc2ncnc(N(C)CCCC(=O)O)c12. The number of anilines is 1. The number of aromatic nitrogens is 3. The summed E-state index contributed by atoms with van der Waals surface area (Å²) >= 11 is 0. The van der Waals surface area contributed by atoms with E-state index in [9.17, 15) is 4.79 Å². The van der Waals surface area contributed by atoms with Crippen molar-refractivity contribution in [2.45, 2.75) is 19.8 Å². The van der Waals surface area contributed by atoms with Gasteiger partial charge in [-0.1, -0.05) is 5.16 Å². The van der Waals surface area contributed by atoms with Gasteiger partial charge in [0.1, 0.15) is 17.5 Å². The van der Waals surface area contributed by atoms with E-state index in [1.54, 1.807) is 0 Å². The van der Waals surface area contributed by atoms with Gasteiger partial charge in [-0.3, -0.25) is 4.79 Å². The van der Waals surface area contributed by atoms with E-state index in [-0.39, 0.29) is 6.42 Å². The molecule has 0 aliphatic carbocycles. The molecule has 0 spiro atoms. The van der Waals surface area contributed by atoms with Crippen molar-refractivity contribution < 1.29 is 14.4 Å². The third-order valence-corrected chi connectivity index (χ3v) is 2.67. The van der Waals surface area contributed by atoms with E-state index in [0.29, 0.717) is 24.5 Å². The summed E-state index contributed by atoms with van der Waals surface area (Å²) in [5.41, 5.74) is 1.17. The van der Waals surface area contributed by atoms with E-state index in [1.807, 2.05) is 18.9 Å². The standard InChI is InChI=1S/C11H14N4O3/c1-7-9-10(12-6-13-11(9)18-14-7)15(2)5-3-4-8(16)17/h6H,3-5H2,1-2H3,(H,16,17). The first-order valence-electron chi connectivity index (χ1n) is 5.59. The number of rotatable bonds is 5. The maximum Gasteiger partial charge on any atom is 0.303 e. The van der Waals surface area contributed by atoms with Gasteiger partial charge in [-0.25, -0.2) is 4.98 Å². The highest BCUT2D eigenvalue weighted by molar-refractivity contribution is 5.87. The largest absolute Gasteiger partial charge is 0.481 e. The molecule has 0 bridgehead atoms. The quantitative estimate of drug-likeness (QED) is 0.852. The van der Waals surface area contributed by atoms with Crippen molar-refractivity contribution in [2.75, 3.05) is 18.5 Å². The molecule has 18 heavy (non-hydrogen) atoms. The minimum Gasteiger partial charge on any atom is -0.481 e. The fraction of sp³-hybridized carbons (Fsp3) is 0.455. The number of carboxylic acid groups (broad SMARTS) is 1. The Morgan fingerprint density at radius 2 is 2.28 bits per heavy atom. The highest BCUT2D eigenvalue weighted by Gasteiger charge is 2.15. The van der Waals surface area contributed by atoms with Crippen molar-refractivity contribution in [3.63, 3.8) is 0 Å². The third kappa shape index (κ3) is 2.39. The average Bonchev–Trinajstić information content (AvgIpc) is 2.71. The van der Waals surface area contributed by atoms with Crippen LogP contribution in [0.3, 0.4) is 0 Å². The second kappa shape index (κ2) is 4.99. The zero-order valence-corrected chi connectivity index (χ0v) is 10.3. The van der Waals surface area contributed by atoms with Crippen molar-refractivity contribution in [1.82, 2.24) is 15.1 Å². The first kappa shape index (κ1) is 12.3. The summed E-state index contributed by atoms with van der Waals surface area (Å²) < 4.78 is 5.06. The van der Waals surface area contributed by atoms with Crippen LogP contribution >= 0.6 is 0 Å². The predicted molar refractivity (Wildman–Crippen MR) is 64.5 cm³/mol. The third-order valence-electron chi connectivity index (χ3n) is 2.67. The lowest BCUT2D eigenvalue weighted by Crippen LogP contribution is -2.20. The fourth-order valence-corrected chi connectivity index (χ4v) is 1.77. The van der Waals surface area contributed by atoms with Gasteiger partial charge in [0.05, 0.1) is 5.69 Å². The molecule has 1 N–H and O–H groups in total. The van der Waals surface area contributed by atoms with Gasteiger partial charge in [0.2, 0.25) is 0 Å². The second-order valence-electron chi connectivity index (χ2n) is 4.06. The molecule has 2 heterocycles. The van der Waals surface area contributed by atoms with Crippen molar-refractivity contribution in [2.24, 2.45) is 0 Å². The van der Waals surface area contributed by atoms with E-state index in [2.05, 4.69) is 15.1 Å². The van der Waals surface area contributed by atoms with Crippen LogP contribution in [-0.2, 0) is 4.79 Å². The first-order chi connectivity index (χ1) is 8.59. The van der Waals surface area contributed by atoms with Crippen LogP contribution in [0.1, 0.15) is 18.5 Å². The van der Waals surface area contributed by atoms with Crippen LogP contribution < -0.4 is 4.90 Å². The molecule has 0 atom stereocenters. The molecule has 96 valence electrons. The molecule has 0 saturated heterocycles. The number of fused-ring (bicyclic) bond motifs is 1. The molecular weight excluding hydrogens is 236 g/mol. The Hall–Kier alpha value is -2.18. The predicted octanol–water partition coefficient (Wildman–Crippen LogP) is 1.23. The molecule has 0 amide bonds. The number of hydrogen-bond donors (Lipinski definition) is 1. The lowest BCUT2D eigenvalue weighted by Gasteiger charge is -2.17. The van der Waals surface area contributed by atoms with Crippen LogP contribution in [0.2, 0.25) is 0 Å². The summed E-state index contributed by atoms with van der Waals surface area (Å²) in [6.07, 6.45) is 2.11. The lowest BCUT2D eigenvalue weighted by molar-refractivity contribution is -0.137. The molecule has 0 saturated carbocycles. The van der Waals surface area contributed by atoms with Gasteiger partial charge in [-0.15, -0.1) is 0 Å². The van der Waals surface area contributed by atoms with E-state index in [1.165, 1.54) is 6.33 Å². The van der Waals surface area contributed by atoms with Crippen molar-refractivity contribution in [3.05, 3.63) is 12.0 Å². The average molecular weight is 250 g/mol. The highest BCUT2D eigenvalue weighted by Crippen LogP contribution is 2.24. The van der Waals surface area contributed by atoms with Crippen LogP contribution in [0.5, 0.6) is 0 Å². The number of nitrogens with zero attached hydrogens (tertiary/aromatic N) is 4. The summed E-state index contributed by atoms with van der Waals surface area (Å²) in [6, 6.07) is 0. The summed E-state index contributed by atoms with van der Waals surface area (Å²) in [7, 11) is 1.86. The zero-order valence-electron chi connectivity index (χ0n) is 10.3. The van der Waals surface area contributed by atoms with Crippen LogP contribution in [0.4, 0.5) is 5.82 Å². The van der Waals surface area contributed by atoms with Crippen molar-refractivity contribution in [3.8, 4) is 0 Å². The van der Waals surface area contributed by atoms with Gasteiger partial charge >= 0.3 is 5.97 Å². The van der Waals surface area contributed by atoms with Gasteiger partial charge in [0.25, 0.3) is 5.71 Å². The van der Waals surface area contributed by atoms with Crippen LogP contribution in [-0.4, -0.2) is 39.8 Å². The Morgan fingerprint density at radius 1 is 1.50 bits per heavy atom. The number of aryl methyl sites for hydroxylation is 1. The summed E-state index contributed by atoms with van der Waals surface area (Å²) in [5.74, 6) is -0.0819. The van der Waals surface area contributed by atoms with Crippen molar-refractivity contribution >= 4 is 22.9 Å². The van der Waals surface area contributed by atoms with Gasteiger partial charge in [0, 0.05) is 20.0 Å². The molecule has 2 aromatic heterocycles. The molecule has 0 unspecified atom stereocenters. The molecular formula is C11H14N4O3. The maximum atomic E-state index is 10.5. The van der Waals surface area contributed by atoms with E-state index < -0.39 is 5.97 Å². The number of hydrogen-bond acceptors (Lipinski definition) is 6. The Balaban J connectivity index is 2.19. The zero-order chi connectivity index (χ0) is 13.1. The molecule has 0 aliphatic heterocycles. The summed E-state index contributed by atoms with van der Waals surface area (Å²) in [6.45, 7) is 2.42. The number of aliphatic carboxylic acids is 1. The van der Waals surface area contributed by atoms with Crippen LogP contribution in [0, 0.1) is 6.92 Å². The molecule has 7 nitrogen and oxygen atoms in total. The van der Waals surface area contributed by atoms with Crippen LogP contribution in [0.15, 0.2) is 10.9 Å². The topological polar surface area (TPSA) is 92.4 Å². The second-order valence-corrected chi connectivity index (χ2v) is 4.06. The smallest absolute Gasteiger partial charge is 0.303 e. The molecule has 2 aromatic rings.